The molecule has 0 spiro atoms. The van der Waals surface area contributed by atoms with Crippen molar-refractivity contribution in [3.8, 4) is 89.0 Å². The van der Waals surface area contributed by atoms with Crippen molar-refractivity contribution in [1.82, 2.24) is 0 Å². The summed E-state index contributed by atoms with van der Waals surface area (Å²) in [6.45, 7) is 8.78. The second-order valence-electron chi connectivity index (χ2n) is 15.6. The van der Waals surface area contributed by atoms with Gasteiger partial charge in [-0.2, -0.15) is 0 Å². The van der Waals surface area contributed by atoms with Gasteiger partial charge in [0.1, 0.15) is 0 Å². The number of rotatable bonds is 8. The largest absolute Gasteiger partial charge is 0.0622 e. The van der Waals surface area contributed by atoms with E-state index in [9.17, 15) is 0 Å². The molecule has 0 aromatic heterocycles. The summed E-state index contributed by atoms with van der Waals surface area (Å²) in [6, 6.07) is 76.3. The Kier molecular flexibility index (Phi) is 10.0. The minimum atomic E-state index is 1.20. The molecule has 9 aromatic rings. The van der Waals surface area contributed by atoms with Crippen LogP contribution in [0.2, 0.25) is 0 Å². The van der Waals surface area contributed by atoms with Crippen molar-refractivity contribution in [1.29, 1.82) is 0 Å². The fraction of sp³-hybridized carbons (Fsp3) is 0.0690. The third-order valence-corrected chi connectivity index (χ3v) is 11.4. The zero-order valence-corrected chi connectivity index (χ0v) is 33.6. The fourth-order valence-corrected chi connectivity index (χ4v) is 8.49. The molecule has 278 valence electrons. The molecular formula is C58H46. The Balaban J connectivity index is 1.46. The van der Waals surface area contributed by atoms with E-state index in [-0.39, 0.29) is 0 Å². The van der Waals surface area contributed by atoms with E-state index in [1.807, 2.05) is 0 Å². The van der Waals surface area contributed by atoms with Crippen molar-refractivity contribution in [2.45, 2.75) is 27.7 Å². The first-order valence-corrected chi connectivity index (χ1v) is 20.2. The van der Waals surface area contributed by atoms with Gasteiger partial charge in [0.15, 0.2) is 0 Å². The molecule has 0 heteroatoms. The van der Waals surface area contributed by atoms with Crippen LogP contribution in [0.1, 0.15) is 22.3 Å². The van der Waals surface area contributed by atoms with Crippen LogP contribution in [-0.2, 0) is 0 Å². The van der Waals surface area contributed by atoms with Crippen molar-refractivity contribution < 1.29 is 0 Å². The second-order valence-corrected chi connectivity index (χ2v) is 15.6. The lowest BCUT2D eigenvalue weighted by Gasteiger charge is -2.24. The van der Waals surface area contributed by atoms with E-state index in [0.29, 0.717) is 0 Å². The maximum atomic E-state index is 2.50. The minimum Gasteiger partial charge on any atom is -0.0622 e. The first kappa shape index (κ1) is 36.6. The van der Waals surface area contributed by atoms with Crippen LogP contribution in [0.3, 0.4) is 0 Å². The van der Waals surface area contributed by atoms with E-state index >= 15 is 0 Å². The Morgan fingerprint density at radius 1 is 0.172 bits per heavy atom. The number of hydrogen-bond acceptors (Lipinski definition) is 0. The van der Waals surface area contributed by atoms with E-state index in [1.54, 1.807) is 0 Å². The Bertz CT molecular complexity index is 2490. The topological polar surface area (TPSA) is 0 Å². The second kappa shape index (κ2) is 15.8. The molecule has 0 aliphatic rings. The average Bonchev–Trinajstić information content (AvgIpc) is 3.27. The summed E-state index contributed by atoms with van der Waals surface area (Å²) >= 11 is 0. The highest BCUT2D eigenvalue weighted by Crippen LogP contribution is 2.50. The van der Waals surface area contributed by atoms with Gasteiger partial charge in [0.25, 0.3) is 0 Å². The van der Waals surface area contributed by atoms with Crippen molar-refractivity contribution in [3.05, 3.63) is 229 Å². The monoisotopic (exact) mass is 742 g/mol. The molecule has 9 rings (SSSR count). The summed E-state index contributed by atoms with van der Waals surface area (Å²) in [5.74, 6) is 0. The number of benzene rings is 9. The van der Waals surface area contributed by atoms with Gasteiger partial charge in [0.05, 0.1) is 0 Å². The molecule has 0 amide bonds. The van der Waals surface area contributed by atoms with Crippen LogP contribution in [0.25, 0.3) is 89.0 Å². The number of hydrogen-bond donors (Lipinski definition) is 0. The molecule has 0 aliphatic carbocycles. The van der Waals surface area contributed by atoms with Gasteiger partial charge in [-0.1, -0.05) is 216 Å². The van der Waals surface area contributed by atoms with E-state index < -0.39 is 0 Å². The van der Waals surface area contributed by atoms with Gasteiger partial charge in [-0.25, -0.2) is 0 Å². The summed E-state index contributed by atoms with van der Waals surface area (Å²) in [4.78, 5) is 0. The zero-order chi connectivity index (χ0) is 39.6. The van der Waals surface area contributed by atoms with Crippen molar-refractivity contribution in [2.24, 2.45) is 0 Å². The minimum absolute atomic E-state index is 1.20. The van der Waals surface area contributed by atoms with Crippen LogP contribution in [0.4, 0.5) is 0 Å². The van der Waals surface area contributed by atoms with Crippen LogP contribution in [-0.4, -0.2) is 0 Å². The molecule has 0 saturated carbocycles. The molecule has 0 N–H and O–H groups in total. The molecule has 0 saturated heterocycles. The molecule has 58 heavy (non-hydrogen) atoms. The molecule has 0 unspecified atom stereocenters. The van der Waals surface area contributed by atoms with Gasteiger partial charge in [-0.3, -0.25) is 0 Å². The van der Waals surface area contributed by atoms with E-state index in [1.165, 1.54) is 111 Å². The molecule has 9 aromatic carbocycles. The van der Waals surface area contributed by atoms with Crippen molar-refractivity contribution >= 4 is 0 Å². The van der Waals surface area contributed by atoms with Crippen LogP contribution in [0.15, 0.2) is 206 Å². The zero-order valence-electron chi connectivity index (χ0n) is 33.6. The Morgan fingerprint density at radius 2 is 0.379 bits per heavy atom. The van der Waals surface area contributed by atoms with Gasteiger partial charge in [0.2, 0.25) is 0 Å². The fourth-order valence-electron chi connectivity index (χ4n) is 8.49. The molecule has 0 radical (unpaired) electrons. The van der Waals surface area contributed by atoms with Gasteiger partial charge >= 0.3 is 0 Å². The Hall–Kier alpha value is -7.02. The summed E-state index contributed by atoms with van der Waals surface area (Å²) in [6.07, 6.45) is 0. The van der Waals surface area contributed by atoms with Crippen LogP contribution in [0.5, 0.6) is 0 Å². The first-order valence-electron chi connectivity index (χ1n) is 20.2. The van der Waals surface area contributed by atoms with Crippen LogP contribution >= 0.6 is 0 Å². The van der Waals surface area contributed by atoms with E-state index in [2.05, 4.69) is 234 Å². The lowest BCUT2D eigenvalue weighted by atomic mass is 9.79. The third kappa shape index (κ3) is 7.22. The predicted molar refractivity (Wildman–Crippen MR) is 249 cm³/mol. The Labute approximate surface area is 343 Å². The predicted octanol–water partition coefficient (Wildman–Crippen LogP) is 16.3. The van der Waals surface area contributed by atoms with E-state index in [4.69, 9.17) is 0 Å². The Morgan fingerprint density at radius 3 is 0.586 bits per heavy atom. The highest BCUT2D eigenvalue weighted by Gasteiger charge is 2.23. The lowest BCUT2D eigenvalue weighted by Crippen LogP contribution is -1.98. The molecule has 0 aliphatic heterocycles. The lowest BCUT2D eigenvalue weighted by molar-refractivity contribution is 1.43. The summed E-state index contributed by atoms with van der Waals surface area (Å²) in [5.41, 5.74) is 24.3. The smallest absolute Gasteiger partial charge is 0.00923 e. The molecule has 0 nitrogen and oxygen atoms in total. The summed E-state index contributed by atoms with van der Waals surface area (Å²) in [5, 5.41) is 0. The van der Waals surface area contributed by atoms with Crippen molar-refractivity contribution in [3.63, 3.8) is 0 Å². The quantitative estimate of drug-likeness (QED) is 0.145. The average molecular weight is 743 g/mol. The third-order valence-electron chi connectivity index (χ3n) is 11.4. The normalized spacial score (nSPS) is 11.1. The standard InChI is InChI=1S/C58H46/c1-39-25-29-47(51(33-39)43-17-9-5-10-18-43)55-37-57(49-31-27-41(3)35-53(49)45-21-13-7-14-22-45)58(50-32-28-42(4)36-54(50)46-23-15-8-16-24-46)38-56(55)48-30-26-40(2)34-52(48)44-19-11-6-12-20-44/h5-38H,1-4H3. The summed E-state index contributed by atoms with van der Waals surface area (Å²) < 4.78 is 0. The molecule has 0 atom stereocenters. The van der Waals surface area contributed by atoms with Crippen molar-refractivity contribution in [2.75, 3.05) is 0 Å². The number of aryl methyl sites for hydroxylation is 4. The highest BCUT2D eigenvalue weighted by atomic mass is 14.3. The molecule has 0 heterocycles. The SMILES string of the molecule is Cc1ccc(-c2cc(-c3ccc(C)cc3-c3ccccc3)c(-c3ccc(C)cc3-c3ccccc3)cc2-c2ccc(C)cc2-c2ccccc2)c(-c2ccccc2)c1. The van der Waals surface area contributed by atoms with Gasteiger partial charge in [0, 0.05) is 0 Å². The van der Waals surface area contributed by atoms with Crippen LogP contribution in [0, 0.1) is 27.7 Å². The maximum Gasteiger partial charge on any atom is -0.00923 e. The van der Waals surface area contributed by atoms with Gasteiger partial charge in [-0.05, 0) is 129 Å². The maximum absolute atomic E-state index is 2.50. The van der Waals surface area contributed by atoms with Gasteiger partial charge in [-0.15, -0.1) is 0 Å². The molecular weight excluding hydrogens is 697 g/mol. The summed E-state index contributed by atoms with van der Waals surface area (Å²) in [7, 11) is 0. The van der Waals surface area contributed by atoms with E-state index in [0.717, 1.165) is 0 Å². The molecule has 0 fully saturated rings. The van der Waals surface area contributed by atoms with Crippen LogP contribution < -0.4 is 0 Å². The first-order chi connectivity index (χ1) is 28.4. The molecule has 0 bridgehead atoms. The van der Waals surface area contributed by atoms with Gasteiger partial charge < -0.3 is 0 Å². The highest BCUT2D eigenvalue weighted by molar-refractivity contribution is 6.04.